The predicted octanol–water partition coefficient (Wildman–Crippen LogP) is 1.37. The van der Waals surface area contributed by atoms with Crippen molar-refractivity contribution in [3.63, 3.8) is 0 Å². The number of rotatable bonds is 3. The van der Waals surface area contributed by atoms with Gasteiger partial charge in [0.1, 0.15) is 0 Å². The molecule has 2 aromatic heterocycles. The van der Waals surface area contributed by atoms with Crippen LogP contribution in [-0.4, -0.2) is 44.8 Å². The van der Waals surface area contributed by atoms with E-state index in [-0.39, 0.29) is 11.9 Å². The van der Waals surface area contributed by atoms with Crippen molar-refractivity contribution >= 4 is 27.8 Å². The molecule has 1 amide bonds. The number of hydrogen-bond acceptors (Lipinski definition) is 5. The number of aryl methyl sites for hydroxylation is 1. The third-order valence-electron chi connectivity index (χ3n) is 3.69. The van der Waals surface area contributed by atoms with Crippen LogP contribution in [-0.2, 0) is 7.05 Å². The first-order chi connectivity index (χ1) is 10.6. The lowest BCUT2D eigenvalue weighted by molar-refractivity contribution is 0.0931. The monoisotopic (exact) mass is 364 g/mol. The molecular weight excluding hydrogens is 348 g/mol. The Labute approximate surface area is 136 Å². The van der Waals surface area contributed by atoms with Crippen LogP contribution in [0.5, 0.6) is 0 Å². The number of anilines is 1. The van der Waals surface area contributed by atoms with Gasteiger partial charge in [-0.2, -0.15) is 5.10 Å². The number of nitrogens with zero attached hydrogens (tertiary/aromatic N) is 5. The first kappa shape index (κ1) is 15.0. The number of carbonyl (C=O) groups is 1. The van der Waals surface area contributed by atoms with Crippen molar-refractivity contribution < 1.29 is 4.79 Å². The second kappa shape index (κ2) is 6.43. The van der Waals surface area contributed by atoms with Crippen molar-refractivity contribution in [2.75, 3.05) is 18.0 Å². The largest absolute Gasteiger partial charge is 0.349 e. The van der Waals surface area contributed by atoms with Gasteiger partial charge >= 0.3 is 0 Å². The van der Waals surface area contributed by atoms with Gasteiger partial charge in [-0.3, -0.25) is 9.48 Å². The molecule has 0 atom stereocenters. The second-order valence-corrected chi connectivity index (χ2v) is 6.25. The Bertz CT molecular complexity index is 648. The molecule has 0 unspecified atom stereocenters. The highest BCUT2D eigenvalue weighted by Gasteiger charge is 2.22. The molecule has 1 saturated heterocycles. The van der Waals surface area contributed by atoms with Gasteiger partial charge in [-0.15, -0.1) is 0 Å². The number of carbonyl (C=O) groups excluding carboxylic acids is 1. The molecule has 2 aromatic rings. The molecule has 3 rings (SSSR count). The number of halogens is 1. The van der Waals surface area contributed by atoms with Crippen LogP contribution in [0.3, 0.4) is 0 Å². The number of hydrogen-bond donors (Lipinski definition) is 1. The van der Waals surface area contributed by atoms with Gasteiger partial charge < -0.3 is 10.2 Å². The van der Waals surface area contributed by atoms with Gasteiger partial charge in [0.15, 0.2) is 0 Å². The van der Waals surface area contributed by atoms with Crippen LogP contribution in [0.1, 0.15) is 23.2 Å². The summed E-state index contributed by atoms with van der Waals surface area (Å²) in [5, 5.41) is 7.08. The van der Waals surface area contributed by atoms with Crippen LogP contribution < -0.4 is 10.2 Å². The van der Waals surface area contributed by atoms with Gasteiger partial charge in [0.05, 0.1) is 16.2 Å². The fourth-order valence-corrected chi connectivity index (χ4v) is 2.70. The first-order valence-corrected chi connectivity index (χ1v) is 7.93. The fourth-order valence-electron chi connectivity index (χ4n) is 2.50. The molecule has 1 aliphatic rings. The topological polar surface area (TPSA) is 75.9 Å². The van der Waals surface area contributed by atoms with Crippen LogP contribution in [0.15, 0.2) is 29.3 Å². The van der Waals surface area contributed by atoms with Crippen molar-refractivity contribution in [2.45, 2.75) is 18.9 Å². The molecule has 3 heterocycles. The summed E-state index contributed by atoms with van der Waals surface area (Å²) in [7, 11) is 1.80. The van der Waals surface area contributed by atoms with Gasteiger partial charge in [-0.1, -0.05) is 0 Å². The van der Waals surface area contributed by atoms with Crippen LogP contribution >= 0.6 is 15.9 Å². The van der Waals surface area contributed by atoms with E-state index in [0.717, 1.165) is 36.4 Å². The van der Waals surface area contributed by atoms with Crippen molar-refractivity contribution in [3.8, 4) is 0 Å². The highest BCUT2D eigenvalue weighted by atomic mass is 79.9. The summed E-state index contributed by atoms with van der Waals surface area (Å²) >= 11 is 3.33. The Kier molecular flexibility index (Phi) is 4.37. The molecule has 0 aromatic carbocycles. The van der Waals surface area contributed by atoms with E-state index in [2.05, 4.69) is 41.2 Å². The summed E-state index contributed by atoms with van der Waals surface area (Å²) < 4.78 is 2.50. The second-order valence-electron chi connectivity index (χ2n) is 5.34. The first-order valence-electron chi connectivity index (χ1n) is 7.14. The van der Waals surface area contributed by atoms with Gasteiger partial charge in [-0.05, 0) is 28.8 Å². The molecule has 0 spiro atoms. The van der Waals surface area contributed by atoms with E-state index in [9.17, 15) is 4.79 Å². The third kappa shape index (κ3) is 3.44. The summed E-state index contributed by atoms with van der Waals surface area (Å²) in [5.74, 6) is 0.673. The molecule has 0 bridgehead atoms. The zero-order valence-corrected chi connectivity index (χ0v) is 13.8. The van der Waals surface area contributed by atoms with Crippen molar-refractivity contribution in [3.05, 3.63) is 34.8 Å². The molecule has 7 nitrogen and oxygen atoms in total. The van der Waals surface area contributed by atoms with Crippen LogP contribution in [0.2, 0.25) is 0 Å². The fraction of sp³-hybridized carbons (Fsp3) is 0.429. The summed E-state index contributed by atoms with van der Waals surface area (Å²) in [6, 6.07) is 0.180. The van der Waals surface area contributed by atoms with Crippen molar-refractivity contribution in [1.29, 1.82) is 0 Å². The molecule has 22 heavy (non-hydrogen) atoms. The Hall–Kier alpha value is -1.96. The van der Waals surface area contributed by atoms with Crippen molar-refractivity contribution in [2.24, 2.45) is 7.05 Å². The maximum atomic E-state index is 12.1. The molecular formula is C14H17BrN6O. The average molecular weight is 365 g/mol. The van der Waals surface area contributed by atoms with Crippen LogP contribution in [0.25, 0.3) is 0 Å². The highest BCUT2D eigenvalue weighted by molar-refractivity contribution is 9.10. The van der Waals surface area contributed by atoms with Gasteiger partial charge in [-0.25, -0.2) is 9.97 Å². The molecule has 0 saturated carbocycles. The predicted molar refractivity (Wildman–Crippen MR) is 85.6 cm³/mol. The quantitative estimate of drug-likeness (QED) is 0.889. The maximum absolute atomic E-state index is 12.1. The average Bonchev–Trinajstić information content (AvgIpc) is 2.96. The minimum atomic E-state index is -0.0635. The maximum Gasteiger partial charge on any atom is 0.254 e. The SMILES string of the molecule is Cn1cc(C(=O)NC2CCN(c3ncc(Br)cn3)CC2)cn1. The van der Waals surface area contributed by atoms with Crippen LogP contribution in [0.4, 0.5) is 5.95 Å². The molecule has 0 radical (unpaired) electrons. The van der Waals surface area contributed by atoms with E-state index in [1.165, 1.54) is 0 Å². The number of amides is 1. The minimum absolute atomic E-state index is 0.0635. The van der Waals surface area contributed by atoms with E-state index < -0.39 is 0 Å². The van der Waals surface area contributed by atoms with Crippen molar-refractivity contribution in [1.82, 2.24) is 25.1 Å². The third-order valence-corrected chi connectivity index (χ3v) is 4.10. The normalized spacial score (nSPS) is 15.8. The molecule has 0 aliphatic carbocycles. The molecule has 1 aliphatic heterocycles. The molecule has 1 fully saturated rings. The Balaban J connectivity index is 1.53. The van der Waals surface area contributed by atoms with Gasteiger partial charge in [0, 0.05) is 44.8 Å². The molecule has 1 N–H and O–H groups in total. The lowest BCUT2D eigenvalue weighted by atomic mass is 10.1. The standard InChI is InChI=1S/C14H17BrN6O/c1-20-9-10(6-18-20)13(22)19-12-2-4-21(5-3-12)14-16-7-11(15)8-17-14/h6-9,12H,2-5H2,1H3,(H,19,22). The minimum Gasteiger partial charge on any atom is -0.349 e. The zero-order chi connectivity index (χ0) is 15.5. The lowest BCUT2D eigenvalue weighted by Crippen LogP contribution is -2.45. The van der Waals surface area contributed by atoms with E-state index in [1.807, 2.05) is 0 Å². The summed E-state index contributed by atoms with van der Waals surface area (Å²) in [6.45, 7) is 1.67. The zero-order valence-electron chi connectivity index (χ0n) is 12.2. The molecule has 8 heteroatoms. The number of nitrogens with one attached hydrogen (secondary N) is 1. The lowest BCUT2D eigenvalue weighted by Gasteiger charge is -2.32. The van der Waals surface area contributed by atoms with E-state index in [4.69, 9.17) is 0 Å². The van der Waals surface area contributed by atoms with Gasteiger partial charge in [0.2, 0.25) is 5.95 Å². The summed E-state index contributed by atoms with van der Waals surface area (Å²) in [6.07, 6.45) is 8.56. The van der Waals surface area contributed by atoms with E-state index in [0.29, 0.717) is 5.56 Å². The van der Waals surface area contributed by atoms with Gasteiger partial charge in [0.25, 0.3) is 5.91 Å². The Morgan fingerprint density at radius 3 is 2.55 bits per heavy atom. The Morgan fingerprint density at radius 2 is 1.95 bits per heavy atom. The summed E-state index contributed by atoms with van der Waals surface area (Å²) in [4.78, 5) is 22.9. The highest BCUT2D eigenvalue weighted by Crippen LogP contribution is 2.17. The number of piperidine rings is 1. The van der Waals surface area contributed by atoms with E-state index in [1.54, 1.807) is 36.5 Å². The smallest absolute Gasteiger partial charge is 0.254 e. The Morgan fingerprint density at radius 1 is 1.27 bits per heavy atom. The van der Waals surface area contributed by atoms with Crippen LogP contribution in [0, 0.1) is 0 Å². The van der Waals surface area contributed by atoms with E-state index >= 15 is 0 Å². The molecule has 116 valence electrons. The summed E-state index contributed by atoms with van der Waals surface area (Å²) in [5.41, 5.74) is 0.598. The number of aromatic nitrogens is 4.